The van der Waals surface area contributed by atoms with Gasteiger partial charge in [-0.25, -0.2) is 8.42 Å². The minimum Gasteiger partial charge on any atom is -0.348 e. The normalized spacial score (nSPS) is 14.4. The molecule has 210 valence electrons. The number of aromatic nitrogens is 2. The summed E-state index contributed by atoms with van der Waals surface area (Å²) in [5.41, 5.74) is 1.01. The molecule has 3 amide bonds. The zero-order valence-electron chi connectivity index (χ0n) is 21.3. The van der Waals surface area contributed by atoms with E-state index >= 15 is 0 Å². The number of H-pyrrole nitrogens is 1. The zero-order valence-corrected chi connectivity index (χ0v) is 23.7. The Morgan fingerprint density at radius 1 is 1.05 bits per heavy atom. The number of halogens is 2. The lowest BCUT2D eigenvalue weighted by molar-refractivity contribution is -0.111. The van der Waals surface area contributed by atoms with Crippen molar-refractivity contribution in [1.29, 1.82) is 0 Å². The lowest BCUT2D eigenvalue weighted by atomic mass is 10.1. The molecule has 0 bridgehead atoms. The van der Waals surface area contributed by atoms with Crippen molar-refractivity contribution in [2.45, 2.75) is 30.7 Å². The second kappa shape index (κ2) is 12.2. The number of benzene rings is 2. The highest BCUT2D eigenvalue weighted by molar-refractivity contribution is 7.89. The Bertz CT molecular complexity index is 1560. The summed E-state index contributed by atoms with van der Waals surface area (Å²) in [5.74, 6) is -1.58. The highest BCUT2D eigenvalue weighted by Gasteiger charge is 2.31. The Balaban J connectivity index is 1.40. The molecular weight excluding hydrogens is 579 g/mol. The van der Waals surface area contributed by atoms with Gasteiger partial charge in [-0.1, -0.05) is 41.9 Å². The van der Waals surface area contributed by atoms with E-state index < -0.39 is 27.7 Å². The third-order valence-corrected chi connectivity index (χ3v) is 8.83. The monoisotopic (exact) mass is 604 g/mol. The number of hydrogen-bond acceptors (Lipinski definition) is 6. The molecule has 2 aromatic carbocycles. The average molecular weight is 606 g/mol. The van der Waals surface area contributed by atoms with Crippen molar-refractivity contribution in [3.8, 4) is 0 Å². The van der Waals surface area contributed by atoms with Crippen LogP contribution >= 0.6 is 23.2 Å². The summed E-state index contributed by atoms with van der Waals surface area (Å²) in [6.07, 6.45) is 1.81. The van der Waals surface area contributed by atoms with Crippen LogP contribution in [0.5, 0.6) is 0 Å². The first kappa shape index (κ1) is 29.3. The number of sulfonamides is 1. The number of anilines is 2. The second-order valence-electron chi connectivity index (χ2n) is 9.00. The first-order chi connectivity index (χ1) is 19.0. The Morgan fingerprint density at radius 3 is 2.35 bits per heavy atom. The Hall–Kier alpha value is -3.71. The smallest absolute Gasteiger partial charge is 0.274 e. The Labute approximate surface area is 241 Å². The van der Waals surface area contributed by atoms with Crippen LogP contribution in [0.4, 0.5) is 11.4 Å². The molecule has 1 saturated heterocycles. The lowest BCUT2D eigenvalue weighted by Gasteiger charge is -2.31. The summed E-state index contributed by atoms with van der Waals surface area (Å²) < 4.78 is 27.7. The third kappa shape index (κ3) is 6.36. The number of hydrogen-bond donors (Lipinski definition) is 4. The molecule has 40 heavy (non-hydrogen) atoms. The van der Waals surface area contributed by atoms with Gasteiger partial charge in [0, 0.05) is 24.8 Å². The summed E-state index contributed by atoms with van der Waals surface area (Å²) in [6, 6.07) is 10.3. The van der Waals surface area contributed by atoms with Crippen LogP contribution in [-0.4, -0.2) is 59.8 Å². The van der Waals surface area contributed by atoms with E-state index in [-0.39, 0.29) is 51.0 Å². The van der Waals surface area contributed by atoms with Crippen molar-refractivity contribution in [3.63, 3.8) is 0 Å². The number of rotatable bonds is 8. The number of piperidine rings is 1. The van der Waals surface area contributed by atoms with Crippen LogP contribution in [0.3, 0.4) is 0 Å². The fourth-order valence-corrected chi connectivity index (χ4v) is 6.29. The molecule has 0 saturated carbocycles. The van der Waals surface area contributed by atoms with Gasteiger partial charge < -0.3 is 16.0 Å². The highest BCUT2D eigenvalue weighted by Crippen LogP contribution is 2.27. The largest absolute Gasteiger partial charge is 0.348 e. The zero-order chi connectivity index (χ0) is 29.0. The van der Waals surface area contributed by atoms with Gasteiger partial charge in [0.15, 0.2) is 5.69 Å². The lowest BCUT2D eigenvalue weighted by Crippen LogP contribution is -2.46. The predicted molar refractivity (Wildman–Crippen MR) is 152 cm³/mol. The minimum atomic E-state index is -3.82. The maximum absolute atomic E-state index is 13.2. The highest BCUT2D eigenvalue weighted by atomic mass is 35.5. The van der Waals surface area contributed by atoms with Gasteiger partial charge >= 0.3 is 0 Å². The molecule has 1 aliphatic heterocycles. The molecule has 14 heteroatoms. The minimum absolute atomic E-state index is 0.0255. The molecule has 11 nitrogen and oxygen atoms in total. The molecule has 0 atom stereocenters. The number of aryl methyl sites for hydroxylation is 1. The molecule has 4 N–H and O–H groups in total. The number of amides is 3. The topological polar surface area (TPSA) is 153 Å². The summed E-state index contributed by atoms with van der Waals surface area (Å²) >= 11 is 12.3. The molecule has 3 aromatic rings. The van der Waals surface area contributed by atoms with Crippen LogP contribution in [0.15, 0.2) is 60.0 Å². The fourth-order valence-electron chi connectivity index (χ4n) is 4.21. The molecule has 0 spiro atoms. The maximum atomic E-state index is 13.2. The van der Waals surface area contributed by atoms with Crippen molar-refractivity contribution >= 4 is 62.3 Å². The van der Waals surface area contributed by atoms with Gasteiger partial charge in [0.05, 0.1) is 31.9 Å². The summed E-state index contributed by atoms with van der Waals surface area (Å²) in [6.45, 7) is 5.37. The Morgan fingerprint density at radius 2 is 1.70 bits per heavy atom. The number of nitrogens with one attached hydrogen (secondary N) is 4. The van der Waals surface area contributed by atoms with Crippen molar-refractivity contribution in [1.82, 2.24) is 19.8 Å². The molecule has 0 unspecified atom stereocenters. The predicted octanol–water partition coefficient (Wildman–Crippen LogP) is 3.98. The van der Waals surface area contributed by atoms with E-state index in [0.717, 1.165) is 6.08 Å². The van der Waals surface area contributed by atoms with Crippen LogP contribution in [0, 0.1) is 6.92 Å². The van der Waals surface area contributed by atoms with Gasteiger partial charge in [-0.2, -0.15) is 9.40 Å². The van der Waals surface area contributed by atoms with Gasteiger partial charge in [0.25, 0.3) is 11.8 Å². The molecule has 0 aliphatic carbocycles. The van der Waals surface area contributed by atoms with E-state index in [9.17, 15) is 22.8 Å². The van der Waals surface area contributed by atoms with Crippen LogP contribution < -0.4 is 16.0 Å². The van der Waals surface area contributed by atoms with Crippen LogP contribution in [0.25, 0.3) is 0 Å². The average Bonchev–Trinajstić information content (AvgIpc) is 3.28. The number of nitrogens with zero attached hydrogens (tertiary/aromatic N) is 2. The molecular formula is C26H26Cl2N6O5S. The van der Waals surface area contributed by atoms with E-state index in [1.807, 2.05) is 0 Å². The van der Waals surface area contributed by atoms with E-state index in [1.54, 1.807) is 25.1 Å². The molecule has 1 aliphatic rings. The summed E-state index contributed by atoms with van der Waals surface area (Å²) in [7, 11) is -3.82. The van der Waals surface area contributed by atoms with E-state index in [4.69, 9.17) is 23.2 Å². The van der Waals surface area contributed by atoms with Crippen molar-refractivity contribution < 1.29 is 22.8 Å². The van der Waals surface area contributed by atoms with E-state index in [2.05, 4.69) is 32.7 Å². The molecule has 0 radical (unpaired) electrons. The van der Waals surface area contributed by atoms with Crippen molar-refractivity contribution in [3.05, 3.63) is 82.1 Å². The van der Waals surface area contributed by atoms with Gasteiger partial charge in [-0.15, -0.1) is 0 Å². The van der Waals surface area contributed by atoms with Crippen molar-refractivity contribution in [2.24, 2.45) is 0 Å². The molecule has 2 heterocycles. The van der Waals surface area contributed by atoms with E-state index in [1.165, 1.54) is 28.6 Å². The van der Waals surface area contributed by atoms with Crippen LogP contribution in [0.2, 0.25) is 10.0 Å². The summed E-state index contributed by atoms with van der Waals surface area (Å²) in [4.78, 5) is 37.6. The SMILES string of the molecule is C=CC(=O)Nc1cccc(S(=O)(=O)N2CCC(NC(=O)c3n[nH]c(C)c3NC(=O)c3c(Cl)cccc3Cl)CC2)c1. The maximum Gasteiger partial charge on any atom is 0.274 e. The fraction of sp³-hybridized carbons (Fsp3) is 0.231. The molecule has 1 aromatic heterocycles. The quantitative estimate of drug-likeness (QED) is 0.285. The third-order valence-electron chi connectivity index (χ3n) is 6.30. The van der Waals surface area contributed by atoms with Gasteiger partial charge in [-0.3, -0.25) is 19.5 Å². The van der Waals surface area contributed by atoms with E-state index in [0.29, 0.717) is 24.2 Å². The second-order valence-corrected chi connectivity index (χ2v) is 11.7. The van der Waals surface area contributed by atoms with Gasteiger partial charge in [0.1, 0.15) is 0 Å². The summed E-state index contributed by atoms with van der Waals surface area (Å²) in [5, 5.41) is 15.1. The number of aromatic amines is 1. The first-order valence-electron chi connectivity index (χ1n) is 12.2. The van der Waals surface area contributed by atoms with Gasteiger partial charge in [-0.05, 0) is 56.2 Å². The van der Waals surface area contributed by atoms with Crippen LogP contribution in [-0.2, 0) is 14.8 Å². The van der Waals surface area contributed by atoms with Crippen LogP contribution in [0.1, 0.15) is 39.4 Å². The van der Waals surface area contributed by atoms with Crippen molar-refractivity contribution in [2.75, 3.05) is 23.7 Å². The standard InChI is InChI=1S/C26H26Cl2N6O5S/c1-3-21(35)29-17-6-4-7-18(14-17)40(38,39)34-12-10-16(11-13-34)30-26(37)24-23(15(2)32-33-24)31-25(36)22-19(27)8-5-9-20(22)28/h3-9,14,16H,1,10-13H2,2H3,(H,29,35)(H,30,37)(H,31,36)(H,32,33). The number of carbonyl (C=O) groups is 3. The van der Waals surface area contributed by atoms with Gasteiger partial charge in [0.2, 0.25) is 15.9 Å². The number of carbonyl (C=O) groups excluding carboxylic acids is 3. The molecule has 4 rings (SSSR count). The molecule has 1 fully saturated rings. The Kier molecular flexibility index (Phi) is 8.94. The first-order valence-corrected chi connectivity index (χ1v) is 14.4.